The van der Waals surface area contributed by atoms with E-state index in [1.54, 1.807) is 4.90 Å². The Balaban J connectivity index is 3.34. The molecule has 14 heavy (non-hydrogen) atoms. The first-order chi connectivity index (χ1) is 6.72. The van der Waals surface area contributed by atoms with Crippen molar-refractivity contribution in [3.8, 4) is 0 Å². The maximum atomic E-state index is 11.3. The summed E-state index contributed by atoms with van der Waals surface area (Å²) in [5, 5.41) is 0. The highest BCUT2D eigenvalue weighted by molar-refractivity contribution is 5.75. The number of unbranched alkanes of at least 4 members (excludes halogenated alkanes) is 1. The summed E-state index contributed by atoms with van der Waals surface area (Å²) in [5.74, 6) is 0.214. The van der Waals surface area contributed by atoms with Crippen LogP contribution in [0.5, 0.6) is 0 Å². The molecule has 3 heteroatoms. The first-order valence-electron chi connectivity index (χ1n) is 5.54. The Kier molecular flexibility index (Phi) is 8.64. The van der Waals surface area contributed by atoms with E-state index in [-0.39, 0.29) is 5.91 Å². The molecule has 3 nitrogen and oxygen atoms in total. The third-order valence-corrected chi connectivity index (χ3v) is 2.10. The van der Waals surface area contributed by atoms with Gasteiger partial charge in [0.2, 0.25) is 5.91 Å². The van der Waals surface area contributed by atoms with Crippen LogP contribution in [-0.4, -0.2) is 37.6 Å². The van der Waals surface area contributed by atoms with Crippen LogP contribution in [-0.2, 0) is 9.53 Å². The fraction of sp³-hybridized carbons (Fsp3) is 0.909. The van der Waals surface area contributed by atoms with E-state index < -0.39 is 0 Å². The molecule has 0 aromatic carbocycles. The van der Waals surface area contributed by atoms with Gasteiger partial charge in [-0.15, -0.1) is 0 Å². The summed E-state index contributed by atoms with van der Waals surface area (Å²) >= 11 is 0. The minimum Gasteiger partial charge on any atom is -0.380 e. The molecule has 0 spiro atoms. The van der Waals surface area contributed by atoms with Crippen molar-refractivity contribution in [3.63, 3.8) is 0 Å². The molecule has 1 amide bonds. The predicted octanol–water partition coefficient (Wildman–Crippen LogP) is 2.06. The van der Waals surface area contributed by atoms with Crippen molar-refractivity contribution in [1.82, 2.24) is 4.90 Å². The number of ether oxygens (including phenoxy) is 1. The Morgan fingerprint density at radius 2 is 1.93 bits per heavy atom. The zero-order chi connectivity index (χ0) is 10.8. The van der Waals surface area contributed by atoms with Gasteiger partial charge in [-0.1, -0.05) is 20.3 Å². The summed E-state index contributed by atoms with van der Waals surface area (Å²) in [4.78, 5) is 13.1. The quantitative estimate of drug-likeness (QED) is 0.563. The molecule has 0 aliphatic heterocycles. The molecular weight excluding hydrogens is 178 g/mol. The van der Waals surface area contributed by atoms with Gasteiger partial charge in [0, 0.05) is 26.6 Å². The second-order valence-electron chi connectivity index (χ2n) is 3.53. The Morgan fingerprint density at radius 1 is 1.21 bits per heavy atom. The van der Waals surface area contributed by atoms with Crippen LogP contribution in [0.1, 0.15) is 39.5 Å². The monoisotopic (exact) mass is 201 g/mol. The lowest BCUT2D eigenvalue weighted by Gasteiger charge is -2.16. The van der Waals surface area contributed by atoms with Gasteiger partial charge in [0.05, 0.1) is 6.61 Å². The molecular formula is C11H23NO2. The highest BCUT2D eigenvalue weighted by Gasteiger charge is 2.05. The second kappa shape index (κ2) is 9.00. The summed E-state index contributed by atoms with van der Waals surface area (Å²) in [6.45, 7) is 6.34. The molecule has 0 heterocycles. The van der Waals surface area contributed by atoms with E-state index in [9.17, 15) is 4.79 Å². The van der Waals surface area contributed by atoms with Crippen molar-refractivity contribution in [2.75, 3.05) is 26.8 Å². The van der Waals surface area contributed by atoms with E-state index in [1.807, 2.05) is 14.0 Å². The molecule has 0 saturated carbocycles. The maximum absolute atomic E-state index is 11.3. The van der Waals surface area contributed by atoms with E-state index >= 15 is 0 Å². The zero-order valence-corrected chi connectivity index (χ0v) is 9.71. The van der Waals surface area contributed by atoms with Crippen LogP contribution in [0.25, 0.3) is 0 Å². The largest absolute Gasteiger partial charge is 0.380 e. The van der Waals surface area contributed by atoms with E-state index in [0.717, 1.165) is 25.9 Å². The molecule has 0 unspecified atom stereocenters. The third-order valence-electron chi connectivity index (χ3n) is 2.10. The second-order valence-corrected chi connectivity index (χ2v) is 3.53. The summed E-state index contributed by atoms with van der Waals surface area (Å²) in [6.07, 6.45) is 3.82. The SMILES string of the molecule is CCCCOCCN(C)C(=O)CCC. The fourth-order valence-electron chi connectivity index (χ4n) is 1.08. The Labute approximate surface area is 87.4 Å². The van der Waals surface area contributed by atoms with Crippen molar-refractivity contribution in [3.05, 3.63) is 0 Å². The number of hydrogen-bond acceptors (Lipinski definition) is 2. The Morgan fingerprint density at radius 3 is 2.50 bits per heavy atom. The van der Waals surface area contributed by atoms with Gasteiger partial charge in [0.25, 0.3) is 0 Å². The number of likely N-dealkylation sites (N-methyl/N-ethyl adjacent to an activating group) is 1. The highest BCUT2D eigenvalue weighted by Crippen LogP contribution is 1.95. The predicted molar refractivity (Wildman–Crippen MR) is 58.3 cm³/mol. The molecule has 0 aromatic rings. The summed E-state index contributed by atoms with van der Waals surface area (Å²) in [5.41, 5.74) is 0. The van der Waals surface area contributed by atoms with E-state index in [4.69, 9.17) is 4.74 Å². The van der Waals surface area contributed by atoms with Crippen LogP contribution in [0.3, 0.4) is 0 Å². The smallest absolute Gasteiger partial charge is 0.222 e. The van der Waals surface area contributed by atoms with Crippen molar-refractivity contribution in [2.45, 2.75) is 39.5 Å². The lowest BCUT2D eigenvalue weighted by Crippen LogP contribution is -2.29. The first kappa shape index (κ1) is 13.4. The van der Waals surface area contributed by atoms with Gasteiger partial charge < -0.3 is 9.64 Å². The van der Waals surface area contributed by atoms with Gasteiger partial charge in [0.15, 0.2) is 0 Å². The molecule has 0 rings (SSSR count). The van der Waals surface area contributed by atoms with Crippen molar-refractivity contribution in [2.24, 2.45) is 0 Å². The Bertz CT molecular complexity index is 148. The summed E-state index contributed by atoms with van der Waals surface area (Å²) in [6, 6.07) is 0. The van der Waals surface area contributed by atoms with Gasteiger partial charge in [0.1, 0.15) is 0 Å². The Hall–Kier alpha value is -0.570. The number of nitrogens with zero attached hydrogens (tertiary/aromatic N) is 1. The molecule has 0 aromatic heterocycles. The molecule has 0 radical (unpaired) electrons. The van der Waals surface area contributed by atoms with Gasteiger partial charge >= 0.3 is 0 Å². The van der Waals surface area contributed by atoms with Crippen LogP contribution < -0.4 is 0 Å². The van der Waals surface area contributed by atoms with Crippen LogP contribution >= 0.6 is 0 Å². The van der Waals surface area contributed by atoms with Gasteiger partial charge in [-0.3, -0.25) is 4.79 Å². The average molecular weight is 201 g/mol. The first-order valence-corrected chi connectivity index (χ1v) is 5.54. The average Bonchev–Trinajstić information content (AvgIpc) is 2.17. The molecule has 0 aliphatic rings. The lowest BCUT2D eigenvalue weighted by molar-refractivity contribution is -0.130. The number of amides is 1. The topological polar surface area (TPSA) is 29.5 Å². The molecule has 0 N–H and O–H groups in total. The molecule has 0 aliphatic carbocycles. The molecule has 84 valence electrons. The number of rotatable bonds is 8. The summed E-state index contributed by atoms with van der Waals surface area (Å²) < 4.78 is 5.38. The fourth-order valence-corrected chi connectivity index (χ4v) is 1.08. The molecule has 0 fully saturated rings. The van der Waals surface area contributed by atoms with E-state index in [1.165, 1.54) is 0 Å². The van der Waals surface area contributed by atoms with Crippen molar-refractivity contribution >= 4 is 5.91 Å². The van der Waals surface area contributed by atoms with Crippen LogP contribution in [0, 0.1) is 0 Å². The number of hydrogen-bond donors (Lipinski definition) is 0. The lowest BCUT2D eigenvalue weighted by atomic mass is 10.3. The molecule has 0 atom stereocenters. The third kappa shape index (κ3) is 6.89. The van der Waals surface area contributed by atoms with Crippen molar-refractivity contribution < 1.29 is 9.53 Å². The van der Waals surface area contributed by atoms with Gasteiger partial charge in [-0.25, -0.2) is 0 Å². The molecule has 0 bridgehead atoms. The van der Waals surface area contributed by atoms with E-state index in [0.29, 0.717) is 19.6 Å². The van der Waals surface area contributed by atoms with Crippen molar-refractivity contribution in [1.29, 1.82) is 0 Å². The highest BCUT2D eigenvalue weighted by atomic mass is 16.5. The van der Waals surface area contributed by atoms with Gasteiger partial charge in [-0.05, 0) is 12.8 Å². The molecule has 0 saturated heterocycles. The van der Waals surface area contributed by atoms with Gasteiger partial charge in [-0.2, -0.15) is 0 Å². The minimum atomic E-state index is 0.214. The minimum absolute atomic E-state index is 0.214. The maximum Gasteiger partial charge on any atom is 0.222 e. The normalized spacial score (nSPS) is 10.2. The zero-order valence-electron chi connectivity index (χ0n) is 9.71. The van der Waals surface area contributed by atoms with Crippen LogP contribution in [0.4, 0.5) is 0 Å². The van der Waals surface area contributed by atoms with E-state index in [2.05, 4.69) is 6.92 Å². The number of carbonyl (C=O) groups is 1. The van der Waals surface area contributed by atoms with Crippen LogP contribution in [0.2, 0.25) is 0 Å². The standard InChI is InChI=1S/C11H23NO2/c1-4-6-9-14-10-8-12(3)11(13)7-5-2/h4-10H2,1-3H3. The van der Waals surface area contributed by atoms with Crippen LogP contribution in [0.15, 0.2) is 0 Å². The number of carbonyl (C=O) groups excluding carboxylic acids is 1. The summed E-state index contributed by atoms with van der Waals surface area (Å²) in [7, 11) is 1.83.